The first-order valence-electron chi connectivity index (χ1n) is 4.11. The first-order chi connectivity index (χ1) is 7.29. The fourth-order valence-electron chi connectivity index (χ4n) is 1.18. The highest BCUT2D eigenvalue weighted by Crippen LogP contribution is 2.30. The molecule has 0 bridgehead atoms. The normalized spacial score (nSPS) is 11.1. The quantitative estimate of drug-likeness (QED) is 0.619. The van der Waals surface area contributed by atoms with E-state index in [0.717, 1.165) is 17.5 Å². The lowest BCUT2D eigenvalue weighted by molar-refractivity contribution is -0.384. The average Bonchev–Trinajstić information content (AvgIpc) is 2.20. The molecule has 0 heterocycles. The minimum atomic E-state index is -3.64. The minimum Gasteiger partial charge on any atom is -0.258 e. The van der Waals surface area contributed by atoms with Gasteiger partial charge in [0.05, 0.1) is 9.82 Å². The summed E-state index contributed by atoms with van der Waals surface area (Å²) in [5.74, 6) is 0. The third-order valence-corrected chi connectivity index (χ3v) is 3.76. The maximum Gasteiger partial charge on any atom is 0.288 e. The van der Waals surface area contributed by atoms with Crippen molar-refractivity contribution in [1.29, 1.82) is 0 Å². The first-order valence-corrected chi connectivity index (χ1v) is 6.04. The van der Waals surface area contributed by atoms with Gasteiger partial charge < -0.3 is 0 Å². The van der Waals surface area contributed by atoms with Crippen molar-refractivity contribution >= 4 is 27.1 Å². The summed E-state index contributed by atoms with van der Waals surface area (Å²) in [4.78, 5) is 9.82. The molecule has 0 atom stereocenters. The van der Waals surface area contributed by atoms with Gasteiger partial charge in [0.15, 0.2) is 9.84 Å². The Morgan fingerprint density at radius 3 is 2.50 bits per heavy atom. The summed E-state index contributed by atoms with van der Waals surface area (Å²) in [6, 6.07) is 2.19. The molecule has 0 aliphatic carbocycles. The second-order valence-corrected chi connectivity index (χ2v) is 5.31. The molecule has 86 valence electrons. The Labute approximate surface area is 97.4 Å². The first kappa shape index (κ1) is 12.7. The molecule has 1 rings (SSSR count). The molecule has 0 amide bonds. The number of rotatable bonds is 3. The molecule has 5 nitrogen and oxygen atoms in total. The molecule has 1 aromatic carbocycles. The Morgan fingerprint density at radius 2 is 2.06 bits per heavy atom. The summed E-state index contributed by atoms with van der Waals surface area (Å²) < 4.78 is 23.0. The number of hydrogen-bond donors (Lipinski definition) is 0. The standard InChI is InChI=1S/C9H8ClNO4S/c1-3-16(14,15)9-5-7(10)8(11(12)13)4-6(9)2/h3-5H,1H2,2H3. The SMILES string of the molecule is C=CS(=O)(=O)c1cc(Cl)c([N+](=O)[O-])cc1C. The molecule has 0 radical (unpaired) electrons. The van der Waals surface area contributed by atoms with Gasteiger partial charge in [-0.15, -0.1) is 0 Å². The summed E-state index contributed by atoms with van der Waals surface area (Å²) in [6.07, 6.45) is 0. The van der Waals surface area contributed by atoms with Crippen LogP contribution in [0.1, 0.15) is 5.56 Å². The number of halogens is 1. The minimum absolute atomic E-state index is 0.0712. The average molecular weight is 262 g/mol. The van der Waals surface area contributed by atoms with Gasteiger partial charge in [-0.1, -0.05) is 18.2 Å². The highest BCUT2D eigenvalue weighted by atomic mass is 35.5. The van der Waals surface area contributed by atoms with Gasteiger partial charge in [0.2, 0.25) is 0 Å². The fourth-order valence-corrected chi connectivity index (χ4v) is 2.45. The van der Waals surface area contributed by atoms with Crippen LogP contribution < -0.4 is 0 Å². The zero-order valence-electron chi connectivity index (χ0n) is 8.31. The lowest BCUT2D eigenvalue weighted by atomic mass is 10.2. The lowest BCUT2D eigenvalue weighted by Gasteiger charge is -2.04. The third-order valence-electron chi connectivity index (χ3n) is 1.97. The van der Waals surface area contributed by atoms with E-state index in [0.29, 0.717) is 0 Å². The molecular formula is C9H8ClNO4S. The summed E-state index contributed by atoms with van der Waals surface area (Å²) in [6.45, 7) is 4.63. The summed E-state index contributed by atoms with van der Waals surface area (Å²) in [5.41, 5.74) is -0.0572. The summed E-state index contributed by atoms with van der Waals surface area (Å²) in [5, 5.41) is 11.1. The molecule has 7 heteroatoms. The van der Waals surface area contributed by atoms with Gasteiger partial charge in [0.1, 0.15) is 5.02 Å². The fraction of sp³-hybridized carbons (Fsp3) is 0.111. The number of aryl methyl sites for hydroxylation is 1. The van der Waals surface area contributed by atoms with Crippen LogP contribution in [0.4, 0.5) is 5.69 Å². The van der Waals surface area contributed by atoms with Crippen LogP contribution in [0.3, 0.4) is 0 Å². The van der Waals surface area contributed by atoms with Crippen molar-refractivity contribution < 1.29 is 13.3 Å². The van der Waals surface area contributed by atoms with Gasteiger partial charge in [-0.3, -0.25) is 10.1 Å². The molecule has 0 aliphatic heterocycles. The van der Waals surface area contributed by atoms with Crippen molar-refractivity contribution in [1.82, 2.24) is 0 Å². The summed E-state index contributed by atoms with van der Waals surface area (Å²) in [7, 11) is -3.64. The molecule has 0 saturated carbocycles. The number of benzene rings is 1. The van der Waals surface area contributed by atoms with E-state index in [9.17, 15) is 18.5 Å². The maximum absolute atomic E-state index is 11.5. The topological polar surface area (TPSA) is 77.3 Å². The zero-order valence-corrected chi connectivity index (χ0v) is 9.88. The monoisotopic (exact) mass is 261 g/mol. The van der Waals surface area contributed by atoms with Gasteiger partial charge >= 0.3 is 0 Å². The Morgan fingerprint density at radius 1 is 1.50 bits per heavy atom. The molecule has 0 fully saturated rings. The Bertz CT molecular complexity index is 565. The second kappa shape index (κ2) is 4.23. The van der Waals surface area contributed by atoms with Crippen molar-refractivity contribution in [3.8, 4) is 0 Å². The Balaban J connectivity index is 3.55. The Kier molecular flexibility index (Phi) is 3.35. The van der Waals surface area contributed by atoms with E-state index in [4.69, 9.17) is 11.6 Å². The van der Waals surface area contributed by atoms with Crippen molar-refractivity contribution in [3.05, 3.63) is 44.8 Å². The van der Waals surface area contributed by atoms with Gasteiger partial charge in [-0.05, 0) is 18.6 Å². The zero-order chi connectivity index (χ0) is 12.5. The Hall–Kier alpha value is -1.40. The van der Waals surface area contributed by atoms with Crippen molar-refractivity contribution in [2.45, 2.75) is 11.8 Å². The van der Waals surface area contributed by atoms with Crippen LogP contribution in [0.5, 0.6) is 0 Å². The van der Waals surface area contributed by atoms with Crippen LogP contribution >= 0.6 is 11.6 Å². The molecule has 0 aromatic heterocycles. The van der Waals surface area contributed by atoms with Crippen LogP contribution in [0.15, 0.2) is 29.0 Å². The second-order valence-electron chi connectivity index (χ2n) is 3.04. The maximum atomic E-state index is 11.5. The molecule has 1 aromatic rings. The molecule has 0 saturated heterocycles. The van der Waals surface area contributed by atoms with Crippen molar-refractivity contribution in [2.24, 2.45) is 0 Å². The smallest absolute Gasteiger partial charge is 0.258 e. The number of hydrogen-bond acceptors (Lipinski definition) is 4. The predicted molar refractivity (Wildman–Crippen MR) is 60.2 cm³/mol. The van der Waals surface area contributed by atoms with Crippen LogP contribution in [0.2, 0.25) is 5.02 Å². The van der Waals surface area contributed by atoms with Crippen LogP contribution in [-0.2, 0) is 9.84 Å². The van der Waals surface area contributed by atoms with Gasteiger partial charge in [0, 0.05) is 11.5 Å². The summed E-state index contributed by atoms with van der Waals surface area (Å²) >= 11 is 5.62. The molecular weight excluding hydrogens is 254 g/mol. The molecule has 0 N–H and O–H groups in total. The molecule has 0 unspecified atom stereocenters. The number of sulfone groups is 1. The van der Waals surface area contributed by atoms with E-state index in [1.165, 1.54) is 6.92 Å². The van der Waals surface area contributed by atoms with E-state index >= 15 is 0 Å². The van der Waals surface area contributed by atoms with Crippen LogP contribution in [0, 0.1) is 17.0 Å². The van der Waals surface area contributed by atoms with Crippen molar-refractivity contribution in [3.63, 3.8) is 0 Å². The van der Waals surface area contributed by atoms with Crippen molar-refractivity contribution in [2.75, 3.05) is 0 Å². The van der Waals surface area contributed by atoms with E-state index in [-0.39, 0.29) is 21.2 Å². The molecule has 0 aliphatic rings. The van der Waals surface area contributed by atoms with E-state index in [2.05, 4.69) is 6.58 Å². The van der Waals surface area contributed by atoms with E-state index in [1.54, 1.807) is 0 Å². The van der Waals surface area contributed by atoms with Gasteiger partial charge in [-0.2, -0.15) is 0 Å². The number of nitro benzene ring substituents is 1. The number of nitro groups is 1. The van der Waals surface area contributed by atoms with E-state index < -0.39 is 14.8 Å². The highest BCUT2D eigenvalue weighted by molar-refractivity contribution is 7.94. The van der Waals surface area contributed by atoms with E-state index in [1.807, 2.05) is 0 Å². The molecule has 16 heavy (non-hydrogen) atoms. The van der Waals surface area contributed by atoms with Gasteiger partial charge in [-0.25, -0.2) is 8.42 Å². The predicted octanol–water partition coefficient (Wildman–Crippen LogP) is 2.47. The highest BCUT2D eigenvalue weighted by Gasteiger charge is 2.20. The van der Waals surface area contributed by atoms with Crippen LogP contribution in [0.25, 0.3) is 0 Å². The lowest BCUT2D eigenvalue weighted by Crippen LogP contribution is -2.00. The van der Waals surface area contributed by atoms with Gasteiger partial charge in [0.25, 0.3) is 5.69 Å². The largest absolute Gasteiger partial charge is 0.288 e. The third kappa shape index (κ3) is 2.23. The van der Waals surface area contributed by atoms with Crippen LogP contribution in [-0.4, -0.2) is 13.3 Å². The molecule has 0 spiro atoms. The number of nitrogens with zero attached hydrogens (tertiary/aromatic N) is 1.